The van der Waals surface area contributed by atoms with Crippen molar-refractivity contribution in [3.05, 3.63) is 35.7 Å². The Kier molecular flexibility index (Phi) is 6.96. The average molecular weight is 422 g/mol. The van der Waals surface area contributed by atoms with Crippen molar-refractivity contribution in [3.63, 3.8) is 0 Å². The molecule has 0 radical (unpaired) electrons. The minimum Gasteiger partial charge on any atom is -0.454 e. The molecule has 10 heteroatoms. The van der Waals surface area contributed by atoms with Gasteiger partial charge in [0.2, 0.25) is 10.0 Å². The summed E-state index contributed by atoms with van der Waals surface area (Å²) < 4.78 is 34.1. The van der Waals surface area contributed by atoms with Crippen LogP contribution >= 0.6 is 0 Å². The number of hydrogen-bond acceptors (Lipinski definition) is 7. The van der Waals surface area contributed by atoms with Crippen molar-refractivity contribution in [1.29, 1.82) is 0 Å². The third-order valence-electron chi connectivity index (χ3n) is 5.23. The van der Waals surface area contributed by atoms with Crippen LogP contribution in [0.1, 0.15) is 61.6 Å². The summed E-state index contributed by atoms with van der Waals surface area (Å²) in [6, 6.07) is 5.88. The van der Waals surface area contributed by atoms with Gasteiger partial charge in [-0.1, -0.05) is 26.2 Å². The van der Waals surface area contributed by atoms with Gasteiger partial charge in [0.05, 0.1) is 10.5 Å². The maximum Gasteiger partial charge on any atom is 0.338 e. The number of rotatable bonds is 8. The average Bonchev–Trinajstić information content (AvgIpc) is 3.19. The second kappa shape index (κ2) is 9.45. The van der Waals surface area contributed by atoms with Crippen LogP contribution in [0.3, 0.4) is 0 Å². The van der Waals surface area contributed by atoms with Gasteiger partial charge in [-0.3, -0.25) is 0 Å². The quantitative estimate of drug-likeness (QED) is 0.602. The molecular formula is C19H27N5O4S. The highest BCUT2D eigenvalue weighted by molar-refractivity contribution is 7.89. The standard InChI is InChI=1S/C19H27N5O4S/c1-3-13-24-18(20-21-22-24)14-28-19(25)15-9-11-17(12-10-15)29(26,27)23(2)16-7-5-4-6-8-16/h9-12,16H,3-8,13-14H2,1-2H3. The number of aryl methyl sites for hydroxylation is 1. The van der Waals surface area contributed by atoms with E-state index >= 15 is 0 Å². The third kappa shape index (κ3) is 4.99. The van der Waals surface area contributed by atoms with E-state index in [1.54, 1.807) is 11.7 Å². The molecule has 0 spiro atoms. The summed E-state index contributed by atoms with van der Waals surface area (Å²) >= 11 is 0. The Balaban J connectivity index is 1.64. The molecule has 2 aromatic rings. The molecular weight excluding hydrogens is 394 g/mol. The Labute approximate surface area is 171 Å². The summed E-state index contributed by atoms with van der Waals surface area (Å²) in [5, 5.41) is 11.3. The van der Waals surface area contributed by atoms with E-state index in [2.05, 4.69) is 15.5 Å². The molecule has 0 N–H and O–H groups in total. The minimum atomic E-state index is -3.59. The monoisotopic (exact) mass is 421 g/mol. The molecule has 29 heavy (non-hydrogen) atoms. The highest BCUT2D eigenvalue weighted by atomic mass is 32.2. The van der Waals surface area contributed by atoms with Crippen molar-refractivity contribution in [2.24, 2.45) is 0 Å². The summed E-state index contributed by atoms with van der Waals surface area (Å²) in [4.78, 5) is 12.5. The van der Waals surface area contributed by atoms with Crippen molar-refractivity contribution < 1.29 is 17.9 Å². The topological polar surface area (TPSA) is 107 Å². The van der Waals surface area contributed by atoms with E-state index in [1.165, 1.54) is 28.6 Å². The Bertz CT molecular complexity index is 920. The lowest BCUT2D eigenvalue weighted by Gasteiger charge is -2.30. The lowest BCUT2D eigenvalue weighted by Crippen LogP contribution is -2.38. The lowest BCUT2D eigenvalue weighted by atomic mass is 9.96. The van der Waals surface area contributed by atoms with E-state index in [0.717, 1.165) is 38.5 Å². The molecule has 1 fully saturated rings. The first-order valence-corrected chi connectivity index (χ1v) is 11.4. The number of esters is 1. The number of carbonyl (C=O) groups excluding carboxylic acids is 1. The fourth-order valence-electron chi connectivity index (χ4n) is 3.50. The molecule has 9 nitrogen and oxygen atoms in total. The normalized spacial score (nSPS) is 15.6. The molecule has 1 aromatic carbocycles. The van der Waals surface area contributed by atoms with Gasteiger partial charge in [-0.2, -0.15) is 4.31 Å². The molecule has 1 aromatic heterocycles. The Morgan fingerprint density at radius 1 is 1.21 bits per heavy atom. The number of benzene rings is 1. The SMILES string of the molecule is CCCn1nnnc1COC(=O)c1ccc(S(=O)(=O)N(C)C2CCCCC2)cc1. The van der Waals surface area contributed by atoms with Crippen molar-refractivity contribution in [1.82, 2.24) is 24.5 Å². The number of sulfonamides is 1. The molecule has 158 valence electrons. The Morgan fingerprint density at radius 2 is 1.90 bits per heavy atom. The van der Waals surface area contributed by atoms with Gasteiger partial charge >= 0.3 is 5.97 Å². The van der Waals surface area contributed by atoms with Crippen LogP contribution in [0.25, 0.3) is 0 Å². The van der Waals surface area contributed by atoms with E-state index in [1.807, 2.05) is 6.92 Å². The number of hydrogen-bond donors (Lipinski definition) is 0. The van der Waals surface area contributed by atoms with E-state index in [0.29, 0.717) is 12.4 Å². The van der Waals surface area contributed by atoms with Crippen LogP contribution in [0.2, 0.25) is 0 Å². The molecule has 1 saturated carbocycles. The van der Waals surface area contributed by atoms with Gasteiger partial charge in [-0.05, 0) is 54.0 Å². The van der Waals surface area contributed by atoms with E-state index in [9.17, 15) is 13.2 Å². The maximum atomic E-state index is 12.9. The fraction of sp³-hybridized carbons (Fsp3) is 0.579. The number of aromatic nitrogens is 4. The molecule has 3 rings (SSSR count). The molecule has 0 unspecified atom stereocenters. The van der Waals surface area contributed by atoms with E-state index in [-0.39, 0.29) is 23.1 Å². The zero-order valence-corrected chi connectivity index (χ0v) is 17.6. The second-order valence-electron chi connectivity index (χ2n) is 7.23. The van der Waals surface area contributed by atoms with Crippen LogP contribution in [0.15, 0.2) is 29.2 Å². The van der Waals surface area contributed by atoms with Gasteiger partial charge in [-0.25, -0.2) is 17.9 Å². The van der Waals surface area contributed by atoms with Crippen LogP contribution < -0.4 is 0 Å². The first kappa shape index (κ1) is 21.4. The van der Waals surface area contributed by atoms with Crippen molar-refractivity contribution >= 4 is 16.0 Å². The zero-order chi connectivity index (χ0) is 20.9. The van der Waals surface area contributed by atoms with Crippen LogP contribution in [0, 0.1) is 0 Å². The molecule has 0 bridgehead atoms. The van der Waals surface area contributed by atoms with Gasteiger partial charge in [0.25, 0.3) is 0 Å². The van der Waals surface area contributed by atoms with Gasteiger partial charge in [0.1, 0.15) is 0 Å². The summed E-state index contributed by atoms with van der Waals surface area (Å²) in [7, 11) is -1.96. The summed E-state index contributed by atoms with van der Waals surface area (Å²) in [5.74, 6) is -0.0888. The largest absolute Gasteiger partial charge is 0.454 e. The van der Waals surface area contributed by atoms with Gasteiger partial charge in [0, 0.05) is 19.6 Å². The predicted molar refractivity (Wildman–Crippen MR) is 105 cm³/mol. The highest BCUT2D eigenvalue weighted by Crippen LogP contribution is 2.26. The Morgan fingerprint density at radius 3 is 2.55 bits per heavy atom. The molecule has 1 aliphatic carbocycles. The summed E-state index contributed by atoms with van der Waals surface area (Å²) in [6.45, 7) is 2.59. The minimum absolute atomic E-state index is 0.0347. The van der Waals surface area contributed by atoms with Gasteiger partial charge < -0.3 is 4.74 Å². The van der Waals surface area contributed by atoms with Crippen molar-refractivity contribution in [2.45, 2.75) is 69.5 Å². The summed E-state index contributed by atoms with van der Waals surface area (Å²) in [5.41, 5.74) is 0.277. The molecule has 1 heterocycles. The van der Waals surface area contributed by atoms with Crippen molar-refractivity contribution in [3.8, 4) is 0 Å². The Hall–Kier alpha value is -2.33. The fourth-order valence-corrected chi connectivity index (χ4v) is 4.91. The number of tetrazole rings is 1. The lowest BCUT2D eigenvalue weighted by molar-refractivity contribution is 0.0456. The van der Waals surface area contributed by atoms with Gasteiger partial charge in [-0.15, -0.1) is 5.10 Å². The predicted octanol–water partition coefficient (Wildman–Crippen LogP) is 2.39. The molecule has 0 aliphatic heterocycles. The highest BCUT2D eigenvalue weighted by Gasteiger charge is 2.29. The van der Waals surface area contributed by atoms with Crippen LogP contribution in [-0.4, -0.2) is 52.0 Å². The number of ether oxygens (including phenoxy) is 1. The van der Waals surface area contributed by atoms with Crippen molar-refractivity contribution in [2.75, 3.05) is 7.05 Å². The smallest absolute Gasteiger partial charge is 0.338 e. The van der Waals surface area contributed by atoms with Gasteiger partial charge in [0.15, 0.2) is 12.4 Å². The molecule has 1 aliphatic rings. The first-order chi connectivity index (χ1) is 13.9. The number of carbonyl (C=O) groups is 1. The van der Waals surface area contributed by atoms with Crippen LogP contribution in [0.4, 0.5) is 0 Å². The third-order valence-corrected chi connectivity index (χ3v) is 7.15. The van der Waals surface area contributed by atoms with Crippen LogP contribution in [-0.2, 0) is 27.9 Å². The molecule has 0 atom stereocenters. The van der Waals surface area contributed by atoms with E-state index in [4.69, 9.17) is 4.74 Å². The maximum absolute atomic E-state index is 12.9. The second-order valence-corrected chi connectivity index (χ2v) is 9.23. The molecule has 0 amide bonds. The van der Waals surface area contributed by atoms with E-state index < -0.39 is 16.0 Å². The molecule has 0 saturated heterocycles. The first-order valence-electron chi connectivity index (χ1n) is 9.93. The summed E-state index contributed by atoms with van der Waals surface area (Å²) in [6.07, 6.45) is 5.90. The zero-order valence-electron chi connectivity index (χ0n) is 16.8. The van der Waals surface area contributed by atoms with Crippen LogP contribution in [0.5, 0.6) is 0 Å². The number of nitrogens with zero attached hydrogens (tertiary/aromatic N) is 5.